The van der Waals surface area contributed by atoms with Crippen LogP contribution < -0.4 is 26.6 Å². The Morgan fingerprint density at radius 1 is 1.10 bits per heavy atom. The molecule has 1 aliphatic rings. The smallest absolute Gasteiger partial charge is 0.328 e. The minimum Gasteiger partial charge on any atom is -0.366 e. The third-order valence-corrected chi connectivity index (χ3v) is 6.72. The number of benzene rings is 2. The number of aromatic nitrogens is 2. The van der Waals surface area contributed by atoms with Gasteiger partial charge in [-0.05, 0) is 76.4 Å². The van der Waals surface area contributed by atoms with Crippen molar-refractivity contribution in [3.05, 3.63) is 64.7 Å². The summed E-state index contributed by atoms with van der Waals surface area (Å²) in [6.07, 6.45) is 3.30. The molecule has 1 aromatic heterocycles. The molecule has 1 aliphatic heterocycles. The second-order valence-corrected chi connectivity index (χ2v) is 11.1. The molecule has 0 radical (unpaired) electrons. The molecule has 218 valence electrons. The first-order valence-electron chi connectivity index (χ1n) is 13.8. The molecule has 0 aliphatic carbocycles. The van der Waals surface area contributed by atoms with Crippen LogP contribution in [0.1, 0.15) is 68.4 Å². The Kier molecular flexibility index (Phi) is 9.17. The van der Waals surface area contributed by atoms with Gasteiger partial charge in [0, 0.05) is 28.8 Å². The zero-order chi connectivity index (χ0) is 29.7. The number of hydrogen-bond donors (Lipinski definition) is 4. The minimum absolute atomic E-state index is 0.0276. The number of urea groups is 1. The topological polar surface area (TPSA) is 125 Å². The van der Waals surface area contributed by atoms with Gasteiger partial charge in [0.1, 0.15) is 17.3 Å². The summed E-state index contributed by atoms with van der Waals surface area (Å²) in [5.41, 5.74) is 7.83. The summed E-state index contributed by atoms with van der Waals surface area (Å²) >= 11 is 0. The number of amides is 3. The fraction of sp³-hybridized carbons (Fsp3) is 0.400. The number of para-hydroxylation sites is 1. The van der Waals surface area contributed by atoms with E-state index in [1.807, 2.05) is 6.07 Å². The summed E-state index contributed by atoms with van der Waals surface area (Å²) in [5.74, 6) is -2.16. The number of anilines is 3. The Hall–Kier alpha value is -4.12. The van der Waals surface area contributed by atoms with Crippen molar-refractivity contribution in [3.8, 4) is 11.3 Å². The molecule has 4 rings (SSSR count). The van der Waals surface area contributed by atoms with Crippen molar-refractivity contribution in [2.24, 2.45) is 5.73 Å². The zero-order valence-corrected chi connectivity index (χ0v) is 23.9. The average Bonchev–Trinajstić information content (AvgIpc) is 2.91. The van der Waals surface area contributed by atoms with E-state index in [-0.39, 0.29) is 23.8 Å². The fourth-order valence-electron chi connectivity index (χ4n) is 4.66. The van der Waals surface area contributed by atoms with E-state index in [4.69, 9.17) is 10.7 Å². The second-order valence-electron chi connectivity index (χ2n) is 11.1. The monoisotopic (exact) mass is 565 g/mol. The SMILES string of the molecule is CCCCc1ccc(C(N)=O)cc1-c1nc(NCCCNC(C)(C)C)nc2c1CNC(=O)N2c1c(F)cccc1F. The molecular formula is C30H37F2N7O2. The largest absolute Gasteiger partial charge is 0.366 e. The Labute approximate surface area is 238 Å². The highest BCUT2D eigenvalue weighted by Crippen LogP contribution is 2.39. The number of fused-ring (bicyclic) bond motifs is 1. The third kappa shape index (κ3) is 6.97. The maximum atomic E-state index is 15.0. The van der Waals surface area contributed by atoms with E-state index in [1.165, 1.54) is 6.07 Å². The molecular weight excluding hydrogens is 528 g/mol. The van der Waals surface area contributed by atoms with E-state index in [2.05, 4.69) is 48.6 Å². The molecule has 5 N–H and O–H groups in total. The summed E-state index contributed by atoms with van der Waals surface area (Å²) in [6.45, 7) is 9.60. The number of carbonyl (C=O) groups excluding carboxylic acids is 2. The quantitative estimate of drug-likeness (QED) is 0.230. The van der Waals surface area contributed by atoms with Crippen LogP contribution in [0.4, 0.5) is 31.0 Å². The predicted molar refractivity (Wildman–Crippen MR) is 156 cm³/mol. The van der Waals surface area contributed by atoms with Crippen LogP contribution in [0.2, 0.25) is 0 Å². The van der Waals surface area contributed by atoms with Gasteiger partial charge in [-0.1, -0.05) is 25.5 Å². The number of primary amides is 1. The van der Waals surface area contributed by atoms with Crippen LogP contribution in [-0.4, -0.2) is 40.5 Å². The maximum Gasteiger partial charge on any atom is 0.328 e. The molecule has 0 fully saturated rings. The molecule has 3 amide bonds. The van der Waals surface area contributed by atoms with Crippen LogP contribution in [0.5, 0.6) is 0 Å². The number of carbonyl (C=O) groups is 2. The van der Waals surface area contributed by atoms with E-state index in [0.717, 1.165) is 48.4 Å². The van der Waals surface area contributed by atoms with Gasteiger partial charge in [0.05, 0.1) is 12.2 Å². The normalized spacial score (nSPS) is 13.1. The van der Waals surface area contributed by atoms with Gasteiger partial charge >= 0.3 is 6.03 Å². The lowest BCUT2D eigenvalue weighted by Crippen LogP contribution is -2.43. The van der Waals surface area contributed by atoms with Gasteiger partial charge in [-0.15, -0.1) is 0 Å². The molecule has 2 aromatic carbocycles. The first kappa shape index (κ1) is 29.9. The first-order chi connectivity index (χ1) is 19.5. The highest BCUT2D eigenvalue weighted by Gasteiger charge is 2.34. The molecule has 0 spiro atoms. The van der Waals surface area contributed by atoms with Crippen LogP contribution in [0.25, 0.3) is 11.3 Å². The van der Waals surface area contributed by atoms with Crippen LogP contribution in [-0.2, 0) is 13.0 Å². The molecule has 2 heterocycles. The molecule has 9 nitrogen and oxygen atoms in total. The van der Waals surface area contributed by atoms with Crippen LogP contribution >= 0.6 is 0 Å². The molecule has 11 heteroatoms. The number of nitrogens with one attached hydrogen (secondary N) is 3. The first-order valence-corrected chi connectivity index (χ1v) is 13.8. The highest BCUT2D eigenvalue weighted by molar-refractivity contribution is 6.02. The van der Waals surface area contributed by atoms with Crippen molar-refractivity contribution in [1.82, 2.24) is 20.6 Å². The minimum atomic E-state index is -0.907. The van der Waals surface area contributed by atoms with E-state index in [1.54, 1.807) is 12.1 Å². The Morgan fingerprint density at radius 2 is 1.83 bits per heavy atom. The fourth-order valence-corrected chi connectivity index (χ4v) is 4.66. The standard InChI is InChI=1S/C30H37F2N7O2/c1-5-6-9-18-12-13-19(26(33)40)16-20(18)24-21-17-35-29(41)39(25-22(31)10-7-11-23(25)32)27(21)38-28(37-24)34-14-8-15-36-30(2,3)4/h7,10-13,16,36H,5-6,8-9,14-15,17H2,1-4H3,(H2,33,40)(H,35,41)(H,34,37,38). The lowest BCUT2D eigenvalue weighted by atomic mass is 9.94. The second kappa shape index (κ2) is 12.6. The zero-order valence-electron chi connectivity index (χ0n) is 23.9. The molecule has 41 heavy (non-hydrogen) atoms. The molecule has 0 atom stereocenters. The van der Waals surface area contributed by atoms with Crippen molar-refractivity contribution in [1.29, 1.82) is 0 Å². The van der Waals surface area contributed by atoms with Crippen molar-refractivity contribution in [2.45, 2.75) is 65.5 Å². The van der Waals surface area contributed by atoms with Gasteiger partial charge < -0.3 is 21.7 Å². The number of nitrogens with zero attached hydrogens (tertiary/aromatic N) is 3. The number of aryl methyl sites for hydroxylation is 1. The van der Waals surface area contributed by atoms with Gasteiger partial charge in [-0.2, -0.15) is 4.98 Å². The summed E-state index contributed by atoms with van der Waals surface area (Å²) in [6, 6.07) is 7.89. The number of hydrogen-bond acceptors (Lipinski definition) is 6. The van der Waals surface area contributed by atoms with Crippen LogP contribution in [0, 0.1) is 11.6 Å². The predicted octanol–water partition coefficient (Wildman–Crippen LogP) is 5.41. The van der Waals surface area contributed by atoms with Crippen molar-refractivity contribution < 1.29 is 18.4 Å². The van der Waals surface area contributed by atoms with Crippen molar-refractivity contribution in [2.75, 3.05) is 23.3 Å². The Morgan fingerprint density at radius 3 is 2.49 bits per heavy atom. The molecule has 0 bridgehead atoms. The van der Waals surface area contributed by atoms with Crippen LogP contribution in [0.3, 0.4) is 0 Å². The van der Waals surface area contributed by atoms with Gasteiger partial charge in [0.25, 0.3) is 0 Å². The van der Waals surface area contributed by atoms with Gasteiger partial charge in [-0.25, -0.2) is 23.5 Å². The number of unbranched alkanes of at least 4 members (excludes halogenated alkanes) is 1. The van der Waals surface area contributed by atoms with E-state index < -0.39 is 29.3 Å². The van der Waals surface area contributed by atoms with Crippen molar-refractivity contribution >= 4 is 29.4 Å². The molecule has 0 saturated carbocycles. The Balaban J connectivity index is 1.87. The third-order valence-electron chi connectivity index (χ3n) is 6.72. The van der Waals surface area contributed by atoms with Gasteiger partial charge in [0.15, 0.2) is 5.82 Å². The number of rotatable bonds is 11. The van der Waals surface area contributed by atoms with E-state index in [9.17, 15) is 18.4 Å². The number of nitrogens with two attached hydrogens (primary N) is 1. The highest BCUT2D eigenvalue weighted by atomic mass is 19.1. The maximum absolute atomic E-state index is 15.0. The van der Waals surface area contributed by atoms with Gasteiger partial charge in [-0.3, -0.25) is 4.79 Å². The Bertz CT molecular complexity index is 1420. The van der Waals surface area contributed by atoms with Crippen molar-refractivity contribution in [3.63, 3.8) is 0 Å². The molecule has 0 unspecified atom stereocenters. The van der Waals surface area contributed by atoms with E-state index >= 15 is 0 Å². The molecule has 3 aromatic rings. The van der Waals surface area contributed by atoms with Gasteiger partial charge in [0.2, 0.25) is 11.9 Å². The average molecular weight is 566 g/mol. The lowest BCUT2D eigenvalue weighted by molar-refractivity contribution is 0.1000. The summed E-state index contributed by atoms with van der Waals surface area (Å²) in [4.78, 5) is 35.5. The summed E-state index contributed by atoms with van der Waals surface area (Å²) < 4.78 is 30.0. The number of halogens is 2. The lowest BCUT2D eigenvalue weighted by Gasteiger charge is -2.31. The van der Waals surface area contributed by atoms with Crippen LogP contribution in [0.15, 0.2) is 36.4 Å². The molecule has 0 saturated heterocycles. The summed E-state index contributed by atoms with van der Waals surface area (Å²) in [5, 5.41) is 9.32. The van der Waals surface area contributed by atoms with E-state index in [0.29, 0.717) is 35.3 Å². The summed E-state index contributed by atoms with van der Waals surface area (Å²) in [7, 11) is 0.